The first-order valence-corrected chi connectivity index (χ1v) is 3.02. The van der Waals surface area contributed by atoms with Crippen molar-refractivity contribution >= 4 is 12.6 Å². The maximum absolute atomic E-state index is 11.9. The molecule has 1 heterocycles. The van der Waals surface area contributed by atoms with Crippen molar-refractivity contribution in [3.05, 3.63) is 18.2 Å². The summed E-state index contributed by atoms with van der Waals surface area (Å²) in [5.41, 5.74) is -1.00. The van der Waals surface area contributed by atoms with E-state index in [0.717, 1.165) is 12.5 Å². The van der Waals surface area contributed by atoms with Crippen LogP contribution in [0.15, 0.2) is 17.4 Å². The van der Waals surface area contributed by atoms with Gasteiger partial charge in [0.15, 0.2) is 5.69 Å². The molecule has 2 nitrogen and oxygen atoms in total. The molecule has 0 atom stereocenters. The average Bonchev–Trinajstić information content (AvgIpc) is 1.86. The van der Waals surface area contributed by atoms with Crippen molar-refractivity contribution in [2.24, 2.45) is 0 Å². The molecule has 0 aromatic carbocycles. The lowest BCUT2D eigenvalue weighted by Crippen LogP contribution is -2.09. The van der Waals surface area contributed by atoms with Gasteiger partial charge in [0.2, 0.25) is 0 Å². The van der Waals surface area contributed by atoms with Gasteiger partial charge >= 0.3 is 6.18 Å². The van der Waals surface area contributed by atoms with Crippen LogP contribution >= 0.6 is 12.6 Å². The first-order valence-electron chi connectivity index (χ1n) is 2.58. The highest BCUT2D eigenvalue weighted by molar-refractivity contribution is 7.80. The summed E-state index contributed by atoms with van der Waals surface area (Å²) in [7, 11) is 0. The molecule has 60 valence electrons. The zero-order chi connectivity index (χ0) is 8.48. The maximum Gasteiger partial charge on any atom is 0.434 e. The lowest BCUT2D eigenvalue weighted by atomic mass is 10.4. The molecule has 0 saturated heterocycles. The molecule has 6 heteroatoms. The van der Waals surface area contributed by atoms with Crippen LogP contribution in [0.4, 0.5) is 13.2 Å². The Labute approximate surface area is 65.9 Å². The fraction of sp³-hybridized carbons (Fsp3) is 0.200. The monoisotopic (exact) mass is 180 g/mol. The van der Waals surface area contributed by atoms with Crippen molar-refractivity contribution in [2.45, 2.75) is 11.1 Å². The standard InChI is InChI=1S/C5H3F3N2S/c6-5(7,8)4-3(11)1-9-2-10-4/h1-2,11H. The first-order chi connectivity index (χ1) is 5.02. The highest BCUT2D eigenvalue weighted by atomic mass is 32.1. The quantitative estimate of drug-likeness (QED) is 0.616. The van der Waals surface area contributed by atoms with Crippen LogP contribution in [0.25, 0.3) is 0 Å². The Bertz CT molecular complexity index is 260. The van der Waals surface area contributed by atoms with Gasteiger partial charge in [0.1, 0.15) is 6.33 Å². The van der Waals surface area contributed by atoms with Gasteiger partial charge in [0.05, 0.1) is 4.90 Å². The van der Waals surface area contributed by atoms with Crippen LogP contribution in [0.1, 0.15) is 5.69 Å². The van der Waals surface area contributed by atoms with E-state index in [0.29, 0.717) is 0 Å². The molecule has 1 aromatic heterocycles. The van der Waals surface area contributed by atoms with Crippen molar-refractivity contribution in [2.75, 3.05) is 0 Å². The number of alkyl halides is 3. The zero-order valence-corrected chi connectivity index (χ0v) is 6.02. The minimum Gasteiger partial charge on any atom is -0.244 e. The topological polar surface area (TPSA) is 25.8 Å². The molecule has 0 aliphatic heterocycles. The van der Waals surface area contributed by atoms with Gasteiger partial charge in [-0.25, -0.2) is 9.97 Å². The number of halogens is 3. The Balaban J connectivity index is 3.14. The summed E-state index contributed by atoms with van der Waals surface area (Å²) in [6.45, 7) is 0. The van der Waals surface area contributed by atoms with Gasteiger partial charge in [-0.15, -0.1) is 12.6 Å². The van der Waals surface area contributed by atoms with Crippen LogP contribution in [0, 0.1) is 0 Å². The van der Waals surface area contributed by atoms with Crippen LogP contribution < -0.4 is 0 Å². The molecule has 0 saturated carbocycles. The Morgan fingerprint density at radius 2 is 2.00 bits per heavy atom. The fourth-order valence-electron chi connectivity index (χ4n) is 0.541. The molecule has 0 aliphatic rings. The van der Waals surface area contributed by atoms with Gasteiger partial charge in [0.25, 0.3) is 0 Å². The van der Waals surface area contributed by atoms with Crippen LogP contribution in [-0.4, -0.2) is 9.97 Å². The SMILES string of the molecule is FC(F)(F)c1ncncc1S. The highest BCUT2D eigenvalue weighted by Crippen LogP contribution is 2.30. The predicted octanol–water partition coefficient (Wildman–Crippen LogP) is 1.78. The molecule has 0 N–H and O–H groups in total. The summed E-state index contributed by atoms with van der Waals surface area (Å²) in [4.78, 5) is 6.14. The zero-order valence-electron chi connectivity index (χ0n) is 5.13. The fourth-order valence-corrected chi connectivity index (χ4v) is 0.792. The van der Waals surface area contributed by atoms with Gasteiger partial charge in [0, 0.05) is 6.20 Å². The van der Waals surface area contributed by atoms with E-state index in [1.165, 1.54) is 0 Å². The molecule has 0 radical (unpaired) electrons. The summed E-state index contributed by atoms with van der Waals surface area (Å²) in [5, 5.41) is 0. The molecular weight excluding hydrogens is 177 g/mol. The molecule has 1 rings (SSSR count). The van der Waals surface area contributed by atoms with E-state index in [2.05, 4.69) is 22.6 Å². The van der Waals surface area contributed by atoms with Crippen LogP contribution in [-0.2, 0) is 6.18 Å². The van der Waals surface area contributed by atoms with Crippen LogP contribution in [0.2, 0.25) is 0 Å². The van der Waals surface area contributed by atoms with Gasteiger partial charge in [-0.1, -0.05) is 0 Å². The van der Waals surface area contributed by atoms with E-state index in [1.54, 1.807) is 0 Å². The summed E-state index contributed by atoms with van der Waals surface area (Å²) < 4.78 is 35.7. The van der Waals surface area contributed by atoms with Gasteiger partial charge in [-0.3, -0.25) is 0 Å². The van der Waals surface area contributed by atoms with Crippen LogP contribution in [0.3, 0.4) is 0 Å². The minimum atomic E-state index is -4.44. The van der Waals surface area contributed by atoms with E-state index in [9.17, 15) is 13.2 Å². The van der Waals surface area contributed by atoms with Crippen molar-refractivity contribution in [1.82, 2.24) is 9.97 Å². The van der Waals surface area contributed by atoms with Crippen molar-refractivity contribution in [3.63, 3.8) is 0 Å². The molecule has 0 bridgehead atoms. The van der Waals surface area contributed by atoms with Crippen LogP contribution in [0.5, 0.6) is 0 Å². The highest BCUT2D eigenvalue weighted by Gasteiger charge is 2.34. The average molecular weight is 180 g/mol. The van der Waals surface area contributed by atoms with E-state index < -0.39 is 11.9 Å². The number of hydrogen-bond donors (Lipinski definition) is 1. The summed E-state index contributed by atoms with van der Waals surface area (Å²) >= 11 is 3.55. The third kappa shape index (κ3) is 1.83. The second-order valence-electron chi connectivity index (χ2n) is 1.75. The largest absolute Gasteiger partial charge is 0.434 e. The van der Waals surface area contributed by atoms with Crippen molar-refractivity contribution in [3.8, 4) is 0 Å². The van der Waals surface area contributed by atoms with E-state index in [4.69, 9.17) is 0 Å². The van der Waals surface area contributed by atoms with Gasteiger partial charge in [-0.05, 0) is 0 Å². The minimum absolute atomic E-state index is 0.264. The van der Waals surface area contributed by atoms with Gasteiger partial charge in [-0.2, -0.15) is 13.2 Å². The Kier molecular flexibility index (Phi) is 2.03. The lowest BCUT2D eigenvalue weighted by Gasteiger charge is -2.05. The summed E-state index contributed by atoms with van der Waals surface area (Å²) in [6, 6.07) is 0. The number of hydrogen-bond acceptors (Lipinski definition) is 3. The number of thiol groups is 1. The normalized spacial score (nSPS) is 11.6. The lowest BCUT2D eigenvalue weighted by molar-refractivity contribution is -0.143. The van der Waals surface area contributed by atoms with E-state index in [-0.39, 0.29) is 4.90 Å². The Morgan fingerprint density at radius 3 is 2.36 bits per heavy atom. The Hall–Kier alpha value is -0.780. The first kappa shape index (κ1) is 8.32. The Morgan fingerprint density at radius 1 is 1.36 bits per heavy atom. The second-order valence-corrected chi connectivity index (χ2v) is 2.24. The predicted molar refractivity (Wildman–Crippen MR) is 34.3 cm³/mol. The second kappa shape index (κ2) is 2.69. The number of rotatable bonds is 0. The molecule has 11 heavy (non-hydrogen) atoms. The summed E-state index contributed by atoms with van der Waals surface area (Å²) in [5.74, 6) is 0. The maximum atomic E-state index is 11.9. The molecule has 0 unspecified atom stereocenters. The molecule has 0 amide bonds. The van der Waals surface area contributed by atoms with Crippen molar-refractivity contribution < 1.29 is 13.2 Å². The summed E-state index contributed by atoms with van der Waals surface area (Å²) in [6.07, 6.45) is -2.61. The number of aromatic nitrogens is 2. The third-order valence-corrected chi connectivity index (χ3v) is 1.29. The van der Waals surface area contributed by atoms with E-state index in [1.807, 2.05) is 0 Å². The molecular formula is C5H3F3N2S. The number of nitrogens with zero attached hydrogens (tertiary/aromatic N) is 2. The van der Waals surface area contributed by atoms with E-state index >= 15 is 0 Å². The smallest absolute Gasteiger partial charge is 0.244 e. The molecule has 0 aliphatic carbocycles. The van der Waals surface area contributed by atoms with Crippen molar-refractivity contribution in [1.29, 1.82) is 0 Å². The molecule has 1 aromatic rings. The molecule has 0 spiro atoms. The molecule has 0 fully saturated rings. The third-order valence-electron chi connectivity index (χ3n) is 0.961. The van der Waals surface area contributed by atoms with Gasteiger partial charge < -0.3 is 0 Å².